The van der Waals surface area contributed by atoms with Crippen molar-refractivity contribution in [3.8, 4) is 0 Å². The summed E-state index contributed by atoms with van der Waals surface area (Å²) in [5.41, 5.74) is 2.28. The molecule has 4 rings (SSSR count). The van der Waals surface area contributed by atoms with Crippen LogP contribution in [0.3, 0.4) is 0 Å². The van der Waals surface area contributed by atoms with E-state index in [1.807, 2.05) is 35.0 Å². The van der Waals surface area contributed by atoms with Crippen molar-refractivity contribution in [3.63, 3.8) is 0 Å². The predicted octanol–water partition coefficient (Wildman–Crippen LogP) is 4.43. The highest BCUT2D eigenvalue weighted by Crippen LogP contribution is 2.30. The number of hydrogen-bond acceptors (Lipinski definition) is 3. The first-order chi connectivity index (χ1) is 14.3. The zero-order chi connectivity index (χ0) is 21.6. The van der Waals surface area contributed by atoms with Crippen LogP contribution in [0.5, 0.6) is 0 Å². The van der Waals surface area contributed by atoms with Crippen molar-refractivity contribution in [2.75, 3.05) is 14.1 Å². The molecule has 6 nitrogen and oxygen atoms in total. The Bertz CT molecular complexity index is 1200. The molecular formula is C22H17Cl2N3O3. The van der Waals surface area contributed by atoms with E-state index in [-0.39, 0.29) is 5.57 Å². The Balaban J connectivity index is 1.83. The third-order valence-electron chi connectivity index (χ3n) is 5.15. The van der Waals surface area contributed by atoms with Crippen molar-refractivity contribution in [1.29, 1.82) is 0 Å². The van der Waals surface area contributed by atoms with Gasteiger partial charge in [0, 0.05) is 52.4 Å². The standard InChI is InChI=1S/C22H17Cl2N3O3/c1-25-20(28)15(21(29)26(2)22(25)30)10-13-11-27(19-9-4-3-6-14(13)19)12-16-17(23)7-5-8-18(16)24/h3-11H,12H2,1-2H3. The third-order valence-corrected chi connectivity index (χ3v) is 5.86. The number of hydrogen-bond donors (Lipinski definition) is 0. The monoisotopic (exact) mass is 441 g/mol. The number of fused-ring (bicyclic) bond motifs is 1. The van der Waals surface area contributed by atoms with E-state index in [0.717, 1.165) is 26.3 Å². The van der Waals surface area contributed by atoms with Gasteiger partial charge in [0.25, 0.3) is 11.8 Å². The van der Waals surface area contributed by atoms with Crippen molar-refractivity contribution >= 4 is 58.0 Å². The number of amides is 4. The third kappa shape index (κ3) is 3.28. The van der Waals surface area contributed by atoms with Gasteiger partial charge in [0.2, 0.25) is 0 Å². The highest BCUT2D eigenvalue weighted by atomic mass is 35.5. The highest BCUT2D eigenvalue weighted by Gasteiger charge is 2.37. The summed E-state index contributed by atoms with van der Waals surface area (Å²) in [7, 11) is 2.70. The van der Waals surface area contributed by atoms with Crippen molar-refractivity contribution in [1.82, 2.24) is 14.4 Å². The van der Waals surface area contributed by atoms with E-state index in [1.165, 1.54) is 20.2 Å². The van der Waals surface area contributed by atoms with E-state index >= 15 is 0 Å². The molecule has 0 bridgehead atoms. The minimum Gasteiger partial charge on any atom is -0.342 e. The number of urea groups is 1. The topological polar surface area (TPSA) is 62.6 Å². The Morgan fingerprint density at radius 1 is 0.867 bits per heavy atom. The quantitative estimate of drug-likeness (QED) is 0.446. The minimum absolute atomic E-state index is 0.0710. The fourth-order valence-corrected chi connectivity index (χ4v) is 4.02. The molecule has 1 aliphatic heterocycles. The summed E-state index contributed by atoms with van der Waals surface area (Å²) in [5.74, 6) is -1.26. The minimum atomic E-state index is -0.655. The number of para-hydroxylation sites is 1. The number of rotatable bonds is 3. The Labute approximate surface area is 182 Å². The molecule has 0 unspecified atom stereocenters. The molecule has 2 aromatic carbocycles. The van der Waals surface area contributed by atoms with Gasteiger partial charge in [-0.15, -0.1) is 0 Å². The van der Waals surface area contributed by atoms with Crippen LogP contribution in [0.25, 0.3) is 17.0 Å². The van der Waals surface area contributed by atoms with Gasteiger partial charge in [0.15, 0.2) is 0 Å². The average Bonchev–Trinajstić information content (AvgIpc) is 3.08. The Morgan fingerprint density at radius 3 is 2.10 bits per heavy atom. The molecule has 1 fully saturated rings. The van der Waals surface area contributed by atoms with E-state index in [4.69, 9.17) is 23.2 Å². The molecule has 4 amide bonds. The van der Waals surface area contributed by atoms with Crippen molar-refractivity contribution in [2.24, 2.45) is 0 Å². The second-order valence-corrected chi connectivity index (χ2v) is 7.81. The predicted molar refractivity (Wildman–Crippen MR) is 116 cm³/mol. The lowest BCUT2D eigenvalue weighted by atomic mass is 10.1. The van der Waals surface area contributed by atoms with Gasteiger partial charge < -0.3 is 4.57 Å². The smallest absolute Gasteiger partial charge is 0.333 e. The average molecular weight is 442 g/mol. The molecular weight excluding hydrogens is 425 g/mol. The van der Waals surface area contributed by atoms with Crippen LogP contribution in [0.1, 0.15) is 11.1 Å². The Morgan fingerprint density at radius 2 is 1.47 bits per heavy atom. The number of barbiturate groups is 1. The molecule has 0 aliphatic carbocycles. The maximum atomic E-state index is 12.6. The molecule has 0 spiro atoms. The van der Waals surface area contributed by atoms with E-state index in [9.17, 15) is 14.4 Å². The lowest BCUT2D eigenvalue weighted by molar-refractivity contribution is -0.134. The van der Waals surface area contributed by atoms with E-state index in [1.54, 1.807) is 18.2 Å². The molecule has 3 aromatic rings. The zero-order valence-electron chi connectivity index (χ0n) is 16.2. The van der Waals surface area contributed by atoms with Crippen LogP contribution in [0, 0.1) is 0 Å². The van der Waals surface area contributed by atoms with Crippen LogP contribution in [0.15, 0.2) is 54.2 Å². The summed E-state index contributed by atoms with van der Waals surface area (Å²) < 4.78 is 1.96. The summed E-state index contributed by atoms with van der Waals surface area (Å²) in [6, 6.07) is 12.3. The van der Waals surface area contributed by atoms with Gasteiger partial charge >= 0.3 is 6.03 Å². The van der Waals surface area contributed by atoms with Gasteiger partial charge in [-0.3, -0.25) is 19.4 Å². The van der Waals surface area contributed by atoms with E-state index in [0.29, 0.717) is 22.2 Å². The van der Waals surface area contributed by atoms with Crippen molar-refractivity contribution in [3.05, 3.63) is 75.4 Å². The largest absolute Gasteiger partial charge is 0.342 e. The van der Waals surface area contributed by atoms with Crippen LogP contribution in [-0.4, -0.2) is 46.3 Å². The molecule has 8 heteroatoms. The second kappa shape index (κ2) is 7.63. The van der Waals surface area contributed by atoms with Gasteiger partial charge in [-0.1, -0.05) is 47.5 Å². The molecule has 0 saturated carbocycles. The van der Waals surface area contributed by atoms with Gasteiger partial charge in [0.05, 0.1) is 6.54 Å². The van der Waals surface area contributed by atoms with Crippen molar-refractivity contribution < 1.29 is 14.4 Å². The molecule has 1 aliphatic rings. The number of imide groups is 2. The first kappa shape index (κ1) is 20.2. The van der Waals surface area contributed by atoms with Crippen LogP contribution in [0.4, 0.5) is 4.79 Å². The SMILES string of the molecule is CN1C(=O)C(=Cc2cn(Cc3c(Cl)cccc3Cl)c3ccccc23)C(=O)N(C)C1=O. The summed E-state index contributed by atoms with van der Waals surface area (Å²) in [4.78, 5) is 39.0. The molecule has 1 saturated heterocycles. The Hall–Kier alpha value is -3.09. The molecule has 30 heavy (non-hydrogen) atoms. The molecule has 2 heterocycles. The number of benzene rings is 2. The van der Waals surface area contributed by atoms with Gasteiger partial charge in [0.1, 0.15) is 5.57 Å². The maximum absolute atomic E-state index is 12.6. The van der Waals surface area contributed by atoms with Crippen molar-refractivity contribution in [2.45, 2.75) is 6.54 Å². The first-order valence-corrected chi connectivity index (χ1v) is 9.87. The fraction of sp³-hybridized carbons (Fsp3) is 0.136. The normalized spacial score (nSPS) is 14.8. The Kier molecular flexibility index (Phi) is 5.13. The number of nitrogens with zero attached hydrogens (tertiary/aromatic N) is 3. The van der Waals surface area contributed by atoms with Gasteiger partial charge in [-0.05, 0) is 24.3 Å². The number of halogens is 2. The van der Waals surface area contributed by atoms with Crippen LogP contribution in [0.2, 0.25) is 10.0 Å². The lowest BCUT2D eigenvalue weighted by Gasteiger charge is -2.28. The lowest BCUT2D eigenvalue weighted by Crippen LogP contribution is -2.52. The summed E-state index contributed by atoms with van der Waals surface area (Å²) in [6.45, 7) is 0.419. The zero-order valence-corrected chi connectivity index (χ0v) is 17.7. The number of aromatic nitrogens is 1. The van der Waals surface area contributed by atoms with E-state index in [2.05, 4.69) is 0 Å². The fourth-order valence-electron chi connectivity index (χ4n) is 3.51. The number of carbonyl (C=O) groups excluding carboxylic acids is 3. The van der Waals surface area contributed by atoms with Crippen LogP contribution >= 0.6 is 23.2 Å². The molecule has 0 radical (unpaired) electrons. The van der Waals surface area contributed by atoms with Gasteiger partial charge in [-0.25, -0.2) is 4.79 Å². The molecule has 0 atom stereocenters. The summed E-state index contributed by atoms with van der Waals surface area (Å²) in [5, 5.41) is 1.97. The first-order valence-electron chi connectivity index (χ1n) is 9.12. The number of likely N-dealkylation sites (N-methyl/N-ethyl adjacent to an activating group) is 2. The molecule has 152 valence electrons. The van der Waals surface area contributed by atoms with Gasteiger partial charge in [-0.2, -0.15) is 0 Å². The molecule has 1 aromatic heterocycles. The molecule has 0 N–H and O–H groups in total. The highest BCUT2D eigenvalue weighted by molar-refractivity contribution is 6.36. The summed E-state index contributed by atoms with van der Waals surface area (Å²) in [6.07, 6.45) is 3.37. The van der Waals surface area contributed by atoms with Crippen LogP contribution < -0.4 is 0 Å². The summed E-state index contributed by atoms with van der Waals surface area (Å²) >= 11 is 12.7. The maximum Gasteiger partial charge on any atom is 0.333 e. The second-order valence-electron chi connectivity index (χ2n) is 7.00. The van der Waals surface area contributed by atoms with Crippen LogP contribution in [-0.2, 0) is 16.1 Å². The van der Waals surface area contributed by atoms with E-state index < -0.39 is 17.8 Å². The number of carbonyl (C=O) groups is 3.